The summed E-state index contributed by atoms with van der Waals surface area (Å²) in [6.07, 6.45) is 0. The summed E-state index contributed by atoms with van der Waals surface area (Å²) in [4.78, 5) is 24.6. The molecule has 5 nitrogen and oxygen atoms in total. The summed E-state index contributed by atoms with van der Waals surface area (Å²) in [6.45, 7) is 7.12. The minimum absolute atomic E-state index is 0. The van der Waals surface area contributed by atoms with E-state index in [2.05, 4.69) is 16.0 Å². The zero-order chi connectivity index (χ0) is 19.1. The number of halogens is 2. The van der Waals surface area contributed by atoms with Crippen molar-refractivity contribution in [2.75, 3.05) is 18.4 Å². The smallest absolute Gasteiger partial charge is 0.258 e. The van der Waals surface area contributed by atoms with Crippen LogP contribution in [0.25, 0.3) is 0 Å². The summed E-state index contributed by atoms with van der Waals surface area (Å²) in [7, 11) is 0. The van der Waals surface area contributed by atoms with Gasteiger partial charge in [0.25, 0.3) is 11.8 Å². The van der Waals surface area contributed by atoms with Gasteiger partial charge >= 0.3 is 0 Å². The Morgan fingerprint density at radius 2 is 1.81 bits per heavy atom. The topological polar surface area (TPSA) is 70.2 Å². The van der Waals surface area contributed by atoms with E-state index >= 15 is 0 Å². The van der Waals surface area contributed by atoms with Crippen LogP contribution < -0.4 is 16.0 Å². The molecule has 0 unspecified atom stereocenters. The minimum Gasteiger partial charge on any atom is -0.350 e. The number of likely N-dealkylation sites (N-methyl/N-ethyl adjacent to an activating group) is 1. The van der Waals surface area contributed by atoms with Gasteiger partial charge in [0.05, 0.1) is 5.56 Å². The van der Waals surface area contributed by atoms with Crippen molar-refractivity contribution in [3.63, 3.8) is 0 Å². The van der Waals surface area contributed by atoms with Crippen molar-refractivity contribution in [3.05, 3.63) is 65.0 Å². The van der Waals surface area contributed by atoms with Crippen molar-refractivity contribution in [2.24, 2.45) is 0 Å². The molecule has 7 heteroatoms. The van der Waals surface area contributed by atoms with Gasteiger partial charge in [0.1, 0.15) is 5.82 Å². The van der Waals surface area contributed by atoms with Crippen molar-refractivity contribution in [2.45, 2.75) is 26.8 Å². The molecular weight excluding hydrogens is 369 g/mol. The first-order valence-corrected chi connectivity index (χ1v) is 8.60. The predicted octanol–water partition coefficient (Wildman–Crippen LogP) is 3.54. The summed E-state index contributed by atoms with van der Waals surface area (Å²) >= 11 is 0. The van der Waals surface area contributed by atoms with Crippen molar-refractivity contribution in [1.29, 1.82) is 0 Å². The number of rotatable bonds is 7. The third kappa shape index (κ3) is 6.34. The molecule has 0 aliphatic carbocycles. The van der Waals surface area contributed by atoms with Crippen LogP contribution in [0.15, 0.2) is 42.5 Å². The Kier molecular flexibility index (Phi) is 8.91. The molecule has 0 aliphatic heterocycles. The summed E-state index contributed by atoms with van der Waals surface area (Å²) in [5.74, 6) is -1.37. The second-order valence-corrected chi connectivity index (χ2v) is 6.13. The fourth-order valence-electron chi connectivity index (χ4n) is 2.50. The Hall–Kier alpha value is -2.44. The lowest BCUT2D eigenvalue weighted by Crippen LogP contribution is -2.38. The zero-order valence-electron chi connectivity index (χ0n) is 15.6. The first-order chi connectivity index (χ1) is 12.4. The van der Waals surface area contributed by atoms with Crippen molar-refractivity contribution < 1.29 is 14.0 Å². The number of benzene rings is 2. The largest absolute Gasteiger partial charge is 0.350 e. The molecular formula is C20H25ClFN3O2. The molecule has 0 heterocycles. The van der Waals surface area contributed by atoms with E-state index in [1.54, 1.807) is 24.3 Å². The van der Waals surface area contributed by atoms with Gasteiger partial charge in [-0.2, -0.15) is 0 Å². The lowest BCUT2D eigenvalue weighted by atomic mass is 10.1. The maximum atomic E-state index is 13.8. The third-order valence-electron chi connectivity index (χ3n) is 3.99. The van der Waals surface area contributed by atoms with Gasteiger partial charge < -0.3 is 16.0 Å². The lowest BCUT2D eigenvalue weighted by Gasteiger charge is -2.14. The molecule has 27 heavy (non-hydrogen) atoms. The summed E-state index contributed by atoms with van der Waals surface area (Å²) in [5, 5.41) is 8.74. The number of carbonyl (C=O) groups excluding carboxylic acids is 2. The van der Waals surface area contributed by atoms with Gasteiger partial charge in [0.2, 0.25) is 0 Å². The number of anilines is 1. The third-order valence-corrected chi connectivity index (χ3v) is 3.99. The molecule has 2 aromatic carbocycles. The quantitative estimate of drug-likeness (QED) is 0.673. The van der Waals surface area contributed by atoms with E-state index in [1.807, 2.05) is 20.8 Å². The summed E-state index contributed by atoms with van der Waals surface area (Å²) in [5.41, 5.74) is 1.65. The number of hydrogen-bond acceptors (Lipinski definition) is 3. The highest BCUT2D eigenvalue weighted by molar-refractivity contribution is 6.05. The fraction of sp³-hybridized carbons (Fsp3) is 0.300. The SMILES string of the molecule is CCN[C@H](C)CNC(=O)c1ccc(C)c(NC(=O)c2ccccc2F)c1.Cl. The molecule has 0 aromatic heterocycles. The Labute approximate surface area is 165 Å². The highest BCUT2D eigenvalue weighted by Gasteiger charge is 2.14. The van der Waals surface area contributed by atoms with Gasteiger partial charge in [0, 0.05) is 23.8 Å². The molecule has 1 atom stereocenters. The van der Waals surface area contributed by atoms with E-state index in [0.717, 1.165) is 12.1 Å². The Morgan fingerprint density at radius 3 is 2.48 bits per heavy atom. The summed E-state index contributed by atoms with van der Waals surface area (Å²) in [6, 6.07) is 11.0. The minimum atomic E-state index is -0.589. The molecule has 0 spiro atoms. The number of carbonyl (C=O) groups is 2. The van der Waals surface area contributed by atoms with E-state index in [-0.39, 0.29) is 29.9 Å². The molecule has 0 saturated carbocycles. The second-order valence-electron chi connectivity index (χ2n) is 6.13. The van der Waals surface area contributed by atoms with Crippen LogP contribution >= 0.6 is 12.4 Å². The average molecular weight is 394 g/mol. The van der Waals surface area contributed by atoms with Crippen molar-refractivity contribution >= 4 is 29.9 Å². The van der Waals surface area contributed by atoms with Crippen LogP contribution in [0.3, 0.4) is 0 Å². The first kappa shape index (κ1) is 22.6. The molecule has 2 aromatic rings. The Bertz CT molecular complexity index is 799. The zero-order valence-corrected chi connectivity index (χ0v) is 16.5. The number of aryl methyl sites for hydroxylation is 1. The van der Waals surface area contributed by atoms with Crippen LogP contribution in [0.5, 0.6) is 0 Å². The van der Waals surface area contributed by atoms with Crippen molar-refractivity contribution in [3.8, 4) is 0 Å². The van der Waals surface area contributed by atoms with Gasteiger partial charge in [-0.3, -0.25) is 9.59 Å². The fourth-order valence-corrected chi connectivity index (χ4v) is 2.50. The molecule has 2 amide bonds. The number of nitrogens with one attached hydrogen (secondary N) is 3. The van der Waals surface area contributed by atoms with E-state index in [0.29, 0.717) is 17.8 Å². The lowest BCUT2D eigenvalue weighted by molar-refractivity contribution is 0.0948. The molecule has 0 aliphatic rings. The van der Waals surface area contributed by atoms with E-state index in [9.17, 15) is 14.0 Å². The van der Waals surface area contributed by atoms with Gasteiger partial charge in [0.15, 0.2) is 0 Å². The maximum Gasteiger partial charge on any atom is 0.258 e. The number of hydrogen-bond donors (Lipinski definition) is 3. The molecule has 0 bridgehead atoms. The van der Waals surface area contributed by atoms with Crippen LogP contribution in [0, 0.1) is 12.7 Å². The van der Waals surface area contributed by atoms with Crippen LogP contribution in [0.2, 0.25) is 0 Å². The van der Waals surface area contributed by atoms with Gasteiger partial charge in [-0.1, -0.05) is 25.1 Å². The van der Waals surface area contributed by atoms with Crippen LogP contribution in [-0.2, 0) is 0 Å². The molecule has 146 valence electrons. The van der Waals surface area contributed by atoms with Crippen LogP contribution in [0.1, 0.15) is 40.1 Å². The molecule has 0 saturated heterocycles. The summed E-state index contributed by atoms with van der Waals surface area (Å²) < 4.78 is 13.8. The van der Waals surface area contributed by atoms with E-state index in [4.69, 9.17) is 0 Å². The standard InChI is InChI=1S/C20H24FN3O2.ClH/c1-4-22-14(3)12-23-19(25)15-10-9-13(2)18(11-15)24-20(26)16-7-5-6-8-17(16)21;/h5-11,14,22H,4,12H2,1-3H3,(H,23,25)(H,24,26);1H/t14-;/m1./s1. The number of amides is 2. The van der Waals surface area contributed by atoms with Gasteiger partial charge in [-0.05, 0) is 50.2 Å². The molecule has 3 N–H and O–H groups in total. The molecule has 0 radical (unpaired) electrons. The highest BCUT2D eigenvalue weighted by atomic mass is 35.5. The second kappa shape index (κ2) is 10.6. The van der Waals surface area contributed by atoms with Gasteiger partial charge in [-0.15, -0.1) is 12.4 Å². The molecule has 0 fully saturated rings. The predicted molar refractivity (Wildman–Crippen MR) is 108 cm³/mol. The van der Waals surface area contributed by atoms with Crippen LogP contribution in [-0.4, -0.2) is 30.9 Å². The van der Waals surface area contributed by atoms with Crippen LogP contribution in [0.4, 0.5) is 10.1 Å². The highest BCUT2D eigenvalue weighted by Crippen LogP contribution is 2.19. The van der Waals surface area contributed by atoms with E-state index < -0.39 is 11.7 Å². The molecule has 2 rings (SSSR count). The normalized spacial score (nSPS) is 11.3. The average Bonchev–Trinajstić information content (AvgIpc) is 2.62. The monoisotopic (exact) mass is 393 g/mol. The van der Waals surface area contributed by atoms with Crippen molar-refractivity contribution in [1.82, 2.24) is 10.6 Å². The maximum absolute atomic E-state index is 13.8. The Balaban J connectivity index is 0.00000364. The Morgan fingerprint density at radius 1 is 1.11 bits per heavy atom. The first-order valence-electron chi connectivity index (χ1n) is 8.60. The van der Waals surface area contributed by atoms with Gasteiger partial charge in [-0.25, -0.2) is 4.39 Å². The van der Waals surface area contributed by atoms with E-state index in [1.165, 1.54) is 18.2 Å².